The van der Waals surface area contributed by atoms with Gasteiger partial charge in [-0.05, 0) is 36.4 Å². The number of halogens is 2. The van der Waals surface area contributed by atoms with E-state index in [-0.39, 0.29) is 11.6 Å². The third-order valence-corrected chi connectivity index (χ3v) is 3.35. The first-order chi connectivity index (χ1) is 9.65. The van der Waals surface area contributed by atoms with Crippen LogP contribution in [0.25, 0.3) is 10.9 Å². The highest BCUT2D eigenvalue weighted by Gasteiger charge is 2.12. The van der Waals surface area contributed by atoms with Gasteiger partial charge in [0.1, 0.15) is 5.82 Å². The number of H-pyrrole nitrogens is 1. The van der Waals surface area contributed by atoms with Crippen molar-refractivity contribution in [2.45, 2.75) is 0 Å². The van der Waals surface area contributed by atoms with Crippen molar-refractivity contribution < 1.29 is 9.18 Å². The molecule has 1 heterocycles. The quantitative estimate of drug-likeness (QED) is 0.729. The summed E-state index contributed by atoms with van der Waals surface area (Å²) in [6.45, 7) is 0. The van der Waals surface area contributed by atoms with E-state index in [4.69, 9.17) is 11.6 Å². The summed E-state index contributed by atoms with van der Waals surface area (Å²) < 4.78 is 13.2. The number of fused-ring (bicyclic) bond motifs is 1. The molecule has 0 fully saturated rings. The Balaban J connectivity index is 1.97. The minimum absolute atomic E-state index is 0.254. The molecule has 0 saturated heterocycles. The molecule has 0 unspecified atom stereocenters. The lowest BCUT2D eigenvalue weighted by Crippen LogP contribution is -2.12. The highest BCUT2D eigenvalue weighted by atomic mass is 35.5. The van der Waals surface area contributed by atoms with Crippen LogP contribution in [0.15, 0.2) is 48.7 Å². The Kier molecular flexibility index (Phi) is 3.16. The molecule has 1 aromatic heterocycles. The molecule has 0 saturated carbocycles. The lowest BCUT2D eigenvalue weighted by Gasteiger charge is -2.08. The molecule has 2 N–H and O–H groups in total. The number of carbonyl (C=O) groups excluding carboxylic acids is 1. The fourth-order valence-electron chi connectivity index (χ4n) is 2.07. The molecule has 0 bridgehead atoms. The van der Waals surface area contributed by atoms with Crippen LogP contribution >= 0.6 is 11.6 Å². The van der Waals surface area contributed by atoms with E-state index < -0.39 is 5.82 Å². The number of carbonyl (C=O) groups is 1. The largest absolute Gasteiger partial charge is 0.361 e. The first-order valence-corrected chi connectivity index (χ1v) is 6.35. The third-order valence-electron chi connectivity index (χ3n) is 3.02. The van der Waals surface area contributed by atoms with Gasteiger partial charge in [0, 0.05) is 22.7 Å². The van der Waals surface area contributed by atoms with E-state index in [2.05, 4.69) is 10.3 Å². The number of hydrogen-bond donors (Lipinski definition) is 2. The van der Waals surface area contributed by atoms with Crippen molar-refractivity contribution in [1.82, 2.24) is 4.98 Å². The lowest BCUT2D eigenvalue weighted by atomic mass is 10.1. The molecule has 0 radical (unpaired) electrons. The van der Waals surface area contributed by atoms with Gasteiger partial charge < -0.3 is 10.3 Å². The van der Waals surface area contributed by atoms with E-state index in [1.807, 2.05) is 12.1 Å². The van der Waals surface area contributed by atoms with Gasteiger partial charge in [0.05, 0.1) is 10.7 Å². The average molecular weight is 289 g/mol. The van der Waals surface area contributed by atoms with E-state index in [0.29, 0.717) is 10.6 Å². The van der Waals surface area contributed by atoms with Gasteiger partial charge in [-0.3, -0.25) is 4.79 Å². The molecule has 0 atom stereocenters. The summed E-state index contributed by atoms with van der Waals surface area (Å²) in [5.41, 5.74) is 1.62. The maximum absolute atomic E-state index is 13.2. The fraction of sp³-hybridized carbons (Fsp3) is 0. The van der Waals surface area contributed by atoms with Gasteiger partial charge in [0.15, 0.2) is 0 Å². The Morgan fingerprint density at radius 3 is 2.90 bits per heavy atom. The molecule has 3 rings (SSSR count). The molecule has 1 amide bonds. The zero-order valence-electron chi connectivity index (χ0n) is 10.3. The van der Waals surface area contributed by atoms with Gasteiger partial charge in [-0.15, -0.1) is 0 Å². The number of anilines is 1. The second-order valence-electron chi connectivity index (χ2n) is 4.32. The Bertz CT molecular complexity index is 797. The summed E-state index contributed by atoms with van der Waals surface area (Å²) in [7, 11) is 0. The molecular formula is C15H10ClFN2O. The summed E-state index contributed by atoms with van der Waals surface area (Å²) in [5, 5.41) is 3.72. The van der Waals surface area contributed by atoms with Crippen LogP contribution < -0.4 is 5.32 Å². The highest BCUT2D eigenvalue weighted by Crippen LogP contribution is 2.24. The van der Waals surface area contributed by atoms with Gasteiger partial charge in [0.2, 0.25) is 0 Å². The Morgan fingerprint density at radius 2 is 2.05 bits per heavy atom. The first-order valence-electron chi connectivity index (χ1n) is 5.97. The lowest BCUT2D eigenvalue weighted by molar-refractivity contribution is 0.102. The van der Waals surface area contributed by atoms with Crippen molar-refractivity contribution in [1.29, 1.82) is 0 Å². The van der Waals surface area contributed by atoms with Crippen LogP contribution in [0.1, 0.15) is 10.4 Å². The van der Waals surface area contributed by atoms with Crippen LogP contribution in [0, 0.1) is 5.82 Å². The molecule has 3 nitrogen and oxygen atoms in total. The number of nitrogens with one attached hydrogen (secondary N) is 2. The van der Waals surface area contributed by atoms with Crippen molar-refractivity contribution in [3.63, 3.8) is 0 Å². The minimum atomic E-state index is -0.454. The first kappa shape index (κ1) is 12.7. The summed E-state index contributed by atoms with van der Waals surface area (Å²) in [6, 6.07) is 11.0. The third kappa shape index (κ3) is 2.26. The van der Waals surface area contributed by atoms with Crippen LogP contribution in [0.4, 0.5) is 10.1 Å². The Labute approximate surface area is 119 Å². The molecule has 20 heavy (non-hydrogen) atoms. The second kappa shape index (κ2) is 4.98. The molecule has 0 aliphatic heterocycles. The van der Waals surface area contributed by atoms with E-state index >= 15 is 0 Å². The maximum Gasteiger partial charge on any atom is 0.256 e. The number of benzene rings is 2. The molecule has 0 spiro atoms. The molecule has 100 valence electrons. The smallest absolute Gasteiger partial charge is 0.256 e. The summed E-state index contributed by atoms with van der Waals surface area (Å²) >= 11 is 5.94. The predicted octanol–water partition coefficient (Wildman–Crippen LogP) is 4.21. The Morgan fingerprint density at radius 1 is 1.20 bits per heavy atom. The van der Waals surface area contributed by atoms with Crippen LogP contribution in [0.3, 0.4) is 0 Å². The van der Waals surface area contributed by atoms with Crippen molar-refractivity contribution in [3.8, 4) is 0 Å². The van der Waals surface area contributed by atoms with Gasteiger partial charge in [0.25, 0.3) is 5.91 Å². The molecule has 3 aromatic rings. The second-order valence-corrected chi connectivity index (χ2v) is 4.73. The van der Waals surface area contributed by atoms with E-state index in [9.17, 15) is 9.18 Å². The van der Waals surface area contributed by atoms with Gasteiger partial charge in [-0.25, -0.2) is 4.39 Å². The summed E-state index contributed by atoms with van der Waals surface area (Å²) in [4.78, 5) is 15.3. The zero-order valence-corrected chi connectivity index (χ0v) is 11.0. The van der Waals surface area contributed by atoms with E-state index in [1.165, 1.54) is 18.2 Å². The van der Waals surface area contributed by atoms with E-state index in [1.54, 1.807) is 18.3 Å². The van der Waals surface area contributed by atoms with Crippen molar-refractivity contribution in [2.24, 2.45) is 0 Å². The average Bonchev–Trinajstić information content (AvgIpc) is 2.91. The van der Waals surface area contributed by atoms with Gasteiger partial charge >= 0.3 is 0 Å². The van der Waals surface area contributed by atoms with Crippen molar-refractivity contribution in [3.05, 3.63) is 65.1 Å². The minimum Gasteiger partial charge on any atom is -0.361 e. The maximum atomic E-state index is 13.2. The fourth-order valence-corrected chi connectivity index (χ4v) is 2.23. The van der Waals surface area contributed by atoms with Crippen LogP contribution in [0.5, 0.6) is 0 Å². The number of aromatic nitrogens is 1. The molecule has 0 aliphatic carbocycles. The molecule has 0 aliphatic rings. The van der Waals surface area contributed by atoms with Crippen molar-refractivity contribution >= 4 is 34.1 Å². The molecule has 5 heteroatoms. The number of hydrogen-bond acceptors (Lipinski definition) is 1. The zero-order chi connectivity index (χ0) is 14.1. The Hall–Kier alpha value is -2.33. The molecule has 2 aromatic carbocycles. The monoisotopic (exact) mass is 288 g/mol. The van der Waals surface area contributed by atoms with Crippen molar-refractivity contribution in [2.75, 3.05) is 5.32 Å². The SMILES string of the molecule is O=C(Nc1cc(F)ccc1Cl)c1cccc2[nH]ccc12. The number of amides is 1. The number of aromatic amines is 1. The van der Waals surface area contributed by atoms with Gasteiger partial charge in [-0.2, -0.15) is 0 Å². The van der Waals surface area contributed by atoms with Crippen LogP contribution in [-0.2, 0) is 0 Å². The predicted molar refractivity (Wildman–Crippen MR) is 77.7 cm³/mol. The standard InChI is InChI=1S/C15H10ClFN2O/c16-12-5-4-9(17)8-14(12)19-15(20)11-2-1-3-13-10(11)6-7-18-13/h1-8,18H,(H,19,20). The number of rotatable bonds is 2. The van der Waals surface area contributed by atoms with Crippen LogP contribution in [0.2, 0.25) is 5.02 Å². The summed E-state index contributed by atoms with van der Waals surface area (Å²) in [5.74, 6) is -0.785. The highest BCUT2D eigenvalue weighted by molar-refractivity contribution is 6.34. The van der Waals surface area contributed by atoms with Gasteiger partial charge in [-0.1, -0.05) is 17.7 Å². The van der Waals surface area contributed by atoms with Crippen LogP contribution in [-0.4, -0.2) is 10.9 Å². The molecular weight excluding hydrogens is 279 g/mol. The summed E-state index contributed by atoms with van der Waals surface area (Å²) in [6.07, 6.45) is 1.76. The normalized spacial score (nSPS) is 10.7. The topological polar surface area (TPSA) is 44.9 Å². The van der Waals surface area contributed by atoms with E-state index in [0.717, 1.165) is 10.9 Å².